The SMILES string of the molecule is Cc1ccc(CC(=O)c2cccc(C(F)(F)F)c2)cc1CC(=O)N(C)c1cc(Cc2cccc(N3CCN(C)CC3)c2)ncn1. The molecule has 4 aromatic rings. The van der Waals surface area contributed by atoms with Crippen LogP contribution in [-0.4, -0.2) is 66.8 Å². The average Bonchev–Trinajstić information content (AvgIpc) is 3.02. The van der Waals surface area contributed by atoms with Crippen molar-refractivity contribution in [2.24, 2.45) is 0 Å². The highest BCUT2D eigenvalue weighted by Crippen LogP contribution is 2.30. The molecule has 3 aromatic carbocycles. The first-order valence-corrected chi connectivity index (χ1v) is 14.8. The van der Waals surface area contributed by atoms with Gasteiger partial charge in [-0.3, -0.25) is 14.5 Å². The van der Waals surface area contributed by atoms with Gasteiger partial charge in [0.15, 0.2) is 5.78 Å². The number of hydrogen-bond acceptors (Lipinski definition) is 6. The van der Waals surface area contributed by atoms with Crippen LogP contribution in [-0.2, 0) is 30.2 Å². The van der Waals surface area contributed by atoms with E-state index < -0.39 is 17.5 Å². The van der Waals surface area contributed by atoms with Gasteiger partial charge in [0.1, 0.15) is 12.1 Å². The van der Waals surface area contributed by atoms with E-state index >= 15 is 0 Å². The largest absolute Gasteiger partial charge is 0.416 e. The smallest absolute Gasteiger partial charge is 0.369 e. The zero-order valence-corrected chi connectivity index (χ0v) is 25.6. The van der Waals surface area contributed by atoms with Crippen molar-refractivity contribution in [1.82, 2.24) is 14.9 Å². The van der Waals surface area contributed by atoms with Gasteiger partial charge in [-0.1, -0.05) is 42.5 Å². The van der Waals surface area contributed by atoms with Gasteiger partial charge < -0.3 is 9.80 Å². The third-order valence-electron chi connectivity index (χ3n) is 8.22. The second-order valence-electron chi connectivity index (χ2n) is 11.6. The number of nitrogens with zero attached hydrogens (tertiary/aromatic N) is 5. The summed E-state index contributed by atoms with van der Waals surface area (Å²) in [5, 5.41) is 0. The minimum atomic E-state index is -4.53. The van der Waals surface area contributed by atoms with Crippen molar-refractivity contribution in [3.63, 3.8) is 0 Å². The molecule has 1 aliphatic heterocycles. The summed E-state index contributed by atoms with van der Waals surface area (Å²) in [5.41, 5.74) is 4.46. The van der Waals surface area contributed by atoms with Crippen molar-refractivity contribution in [2.45, 2.75) is 32.4 Å². The lowest BCUT2D eigenvalue weighted by atomic mass is 9.96. The Balaban J connectivity index is 1.24. The molecule has 7 nitrogen and oxygen atoms in total. The summed E-state index contributed by atoms with van der Waals surface area (Å²) in [5.74, 6) is -0.142. The summed E-state index contributed by atoms with van der Waals surface area (Å²) >= 11 is 0. The highest BCUT2D eigenvalue weighted by molar-refractivity contribution is 5.98. The van der Waals surface area contributed by atoms with Crippen LogP contribution in [0.3, 0.4) is 0 Å². The van der Waals surface area contributed by atoms with Crippen LogP contribution >= 0.6 is 0 Å². The van der Waals surface area contributed by atoms with Gasteiger partial charge in [-0.15, -0.1) is 0 Å². The van der Waals surface area contributed by atoms with Crippen molar-refractivity contribution < 1.29 is 22.8 Å². The second-order valence-corrected chi connectivity index (χ2v) is 11.6. The van der Waals surface area contributed by atoms with E-state index in [0.717, 1.165) is 60.7 Å². The topological polar surface area (TPSA) is 69.6 Å². The molecule has 1 fully saturated rings. The van der Waals surface area contributed by atoms with E-state index in [2.05, 4.69) is 51.1 Å². The maximum Gasteiger partial charge on any atom is 0.416 e. The molecule has 1 aliphatic rings. The number of ketones is 1. The minimum Gasteiger partial charge on any atom is -0.369 e. The van der Waals surface area contributed by atoms with E-state index in [-0.39, 0.29) is 24.3 Å². The molecule has 0 bridgehead atoms. The van der Waals surface area contributed by atoms with Gasteiger partial charge in [0.05, 0.1) is 17.7 Å². The van der Waals surface area contributed by atoms with Crippen LogP contribution in [0.5, 0.6) is 0 Å². The van der Waals surface area contributed by atoms with Crippen LogP contribution in [0.15, 0.2) is 79.1 Å². The molecule has 45 heavy (non-hydrogen) atoms. The number of halogens is 3. The highest BCUT2D eigenvalue weighted by atomic mass is 19.4. The van der Waals surface area contributed by atoms with E-state index in [1.165, 1.54) is 29.0 Å². The predicted octanol–water partition coefficient (Wildman–Crippen LogP) is 5.78. The lowest BCUT2D eigenvalue weighted by molar-refractivity contribution is -0.137. The molecule has 0 N–H and O–H groups in total. The summed E-state index contributed by atoms with van der Waals surface area (Å²) in [6.07, 6.45) is -2.48. The van der Waals surface area contributed by atoms with Crippen LogP contribution in [0.1, 0.15) is 43.9 Å². The number of aryl methyl sites for hydroxylation is 1. The Bertz CT molecular complexity index is 1680. The first-order valence-electron chi connectivity index (χ1n) is 14.8. The summed E-state index contributed by atoms with van der Waals surface area (Å²) < 4.78 is 39.3. The Hall–Kier alpha value is -4.57. The Labute approximate surface area is 261 Å². The number of amides is 1. The number of rotatable bonds is 9. The van der Waals surface area contributed by atoms with Gasteiger partial charge in [0.2, 0.25) is 5.91 Å². The molecule has 0 aliphatic carbocycles. The Morgan fingerprint density at radius 3 is 2.38 bits per heavy atom. The van der Waals surface area contributed by atoms with Gasteiger partial charge in [0, 0.05) is 63.4 Å². The number of likely N-dealkylation sites (N-methyl/N-ethyl adjacent to an activating group) is 2. The summed E-state index contributed by atoms with van der Waals surface area (Å²) in [6.45, 7) is 5.90. The third kappa shape index (κ3) is 8.13. The van der Waals surface area contributed by atoms with Crippen LogP contribution in [0.2, 0.25) is 0 Å². The standard InChI is InChI=1S/C35H36F3N5O2/c1-24-10-11-26(19-32(44)27-7-5-8-29(20-27)35(36,37)38)16-28(24)21-34(45)42(3)33-22-30(39-23-40-33)17-25-6-4-9-31(18-25)43-14-12-41(2)13-15-43/h4-11,16,18,20,22-23H,12-15,17,19,21H2,1-3H3. The number of carbonyl (C=O) groups is 2. The maximum atomic E-state index is 13.3. The third-order valence-corrected chi connectivity index (χ3v) is 8.22. The average molecular weight is 616 g/mol. The fourth-order valence-electron chi connectivity index (χ4n) is 5.39. The zero-order valence-electron chi connectivity index (χ0n) is 25.6. The second kappa shape index (κ2) is 13.6. The molecule has 5 rings (SSSR count). The monoisotopic (exact) mass is 615 g/mol. The highest BCUT2D eigenvalue weighted by Gasteiger charge is 2.31. The van der Waals surface area contributed by atoms with Crippen molar-refractivity contribution in [1.29, 1.82) is 0 Å². The lowest BCUT2D eigenvalue weighted by Crippen LogP contribution is -2.44. The van der Waals surface area contributed by atoms with Crippen LogP contribution in [0.25, 0.3) is 0 Å². The molecule has 2 heterocycles. The minimum absolute atomic E-state index is 0.00613. The first-order chi connectivity index (χ1) is 21.5. The predicted molar refractivity (Wildman–Crippen MR) is 169 cm³/mol. The molecular weight excluding hydrogens is 579 g/mol. The van der Waals surface area contributed by atoms with Crippen LogP contribution in [0, 0.1) is 6.92 Å². The number of piperazine rings is 1. The molecule has 0 atom stereocenters. The van der Waals surface area contributed by atoms with Crippen molar-refractivity contribution >= 4 is 23.2 Å². The Morgan fingerprint density at radius 1 is 0.867 bits per heavy atom. The molecule has 0 saturated carbocycles. The fraction of sp³-hybridized carbons (Fsp3) is 0.314. The molecule has 0 radical (unpaired) electrons. The number of aromatic nitrogens is 2. The van der Waals surface area contributed by atoms with E-state index in [1.807, 2.05) is 19.1 Å². The van der Waals surface area contributed by atoms with Crippen molar-refractivity contribution in [2.75, 3.05) is 50.1 Å². The van der Waals surface area contributed by atoms with Crippen LogP contribution < -0.4 is 9.80 Å². The molecule has 1 aromatic heterocycles. The summed E-state index contributed by atoms with van der Waals surface area (Å²) in [4.78, 5) is 41.2. The Kier molecular flexibility index (Phi) is 9.63. The first kappa shape index (κ1) is 31.8. The van der Waals surface area contributed by atoms with Crippen molar-refractivity contribution in [3.8, 4) is 0 Å². The van der Waals surface area contributed by atoms with Crippen LogP contribution in [0.4, 0.5) is 24.7 Å². The van der Waals surface area contributed by atoms with Gasteiger partial charge >= 0.3 is 6.18 Å². The number of anilines is 2. The molecule has 0 spiro atoms. The Morgan fingerprint density at radius 2 is 1.62 bits per heavy atom. The fourth-order valence-corrected chi connectivity index (χ4v) is 5.39. The molecule has 234 valence electrons. The molecule has 1 amide bonds. The van der Waals surface area contributed by atoms with Gasteiger partial charge in [-0.2, -0.15) is 13.2 Å². The van der Waals surface area contributed by atoms with E-state index in [9.17, 15) is 22.8 Å². The van der Waals surface area contributed by atoms with Gasteiger partial charge in [-0.25, -0.2) is 9.97 Å². The van der Waals surface area contributed by atoms with E-state index in [0.29, 0.717) is 17.8 Å². The number of alkyl halides is 3. The number of Topliss-reactive ketones (excluding diaryl/α,β-unsaturated/α-hetero) is 1. The van der Waals surface area contributed by atoms with Crippen molar-refractivity contribution in [3.05, 3.63) is 118 Å². The summed E-state index contributed by atoms with van der Waals surface area (Å²) in [6, 6.07) is 20.0. The number of carbonyl (C=O) groups excluding carboxylic acids is 2. The van der Waals surface area contributed by atoms with Gasteiger partial charge in [-0.05, 0) is 60.5 Å². The molecule has 1 saturated heterocycles. The van der Waals surface area contributed by atoms with Gasteiger partial charge in [0.25, 0.3) is 0 Å². The van der Waals surface area contributed by atoms with E-state index in [4.69, 9.17) is 0 Å². The molecule has 10 heteroatoms. The zero-order chi connectivity index (χ0) is 32.1. The number of hydrogen-bond donors (Lipinski definition) is 0. The quantitative estimate of drug-likeness (QED) is 0.223. The number of benzene rings is 3. The normalized spacial score (nSPS) is 14.0. The molecular formula is C35H36F3N5O2. The molecule has 0 unspecified atom stereocenters. The van der Waals surface area contributed by atoms with E-state index in [1.54, 1.807) is 19.2 Å². The summed E-state index contributed by atoms with van der Waals surface area (Å²) in [7, 11) is 3.80. The maximum absolute atomic E-state index is 13.3. The lowest BCUT2D eigenvalue weighted by Gasteiger charge is -2.34.